The molecule has 0 aromatic heterocycles. The second-order valence-electron chi connectivity index (χ2n) is 9.16. The molecular formula is C23H46N4O4. The number of carbonyl (C=O) groups is 2. The van der Waals surface area contributed by atoms with Crippen LogP contribution in [0, 0.1) is 11.8 Å². The fourth-order valence-electron chi connectivity index (χ4n) is 4.30. The van der Waals surface area contributed by atoms with Crippen molar-refractivity contribution < 1.29 is 19.8 Å². The molecule has 1 rings (SSSR count). The van der Waals surface area contributed by atoms with E-state index in [1.807, 2.05) is 0 Å². The molecule has 0 spiro atoms. The van der Waals surface area contributed by atoms with Crippen LogP contribution in [-0.4, -0.2) is 66.0 Å². The molecule has 182 valence electrons. The predicted octanol–water partition coefficient (Wildman–Crippen LogP) is 1.04. The number of hydrogen-bond acceptors (Lipinski definition) is 7. The van der Waals surface area contributed by atoms with Crippen LogP contribution in [-0.2, 0) is 9.59 Å². The fraction of sp³-hybridized carbons (Fsp3) is 0.913. The van der Waals surface area contributed by atoms with Gasteiger partial charge in [0.05, 0.1) is 12.1 Å². The number of hydrogen-bond donors (Lipinski definition) is 6. The number of ketones is 1. The summed E-state index contributed by atoms with van der Waals surface area (Å²) in [5, 5.41) is 29.8. The molecular weight excluding hydrogens is 396 g/mol. The quantitative estimate of drug-likeness (QED) is 0.155. The molecule has 0 aliphatic carbocycles. The number of nitrogens with one attached hydrogen (secondary N) is 3. The number of rotatable bonds is 16. The van der Waals surface area contributed by atoms with E-state index in [2.05, 4.69) is 22.9 Å². The Labute approximate surface area is 188 Å². The zero-order chi connectivity index (χ0) is 23.2. The Morgan fingerprint density at radius 3 is 2.42 bits per heavy atom. The summed E-state index contributed by atoms with van der Waals surface area (Å²) in [4.78, 5) is 24.4. The Morgan fingerprint density at radius 2 is 1.81 bits per heavy atom. The van der Waals surface area contributed by atoms with Gasteiger partial charge in [0.25, 0.3) is 0 Å². The van der Waals surface area contributed by atoms with Gasteiger partial charge in [-0.1, -0.05) is 45.4 Å². The minimum absolute atomic E-state index is 0.0412. The number of nitrogens with two attached hydrogens (primary N) is 1. The molecule has 0 radical (unpaired) electrons. The van der Waals surface area contributed by atoms with Crippen molar-refractivity contribution in [2.24, 2.45) is 17.6 Å². The topological polar surface area (TPSA) is 137 Å². The Hall–Kier alpha value is -1.06. The predicted molar refractivity (Wildman–Crippen MR) is 123 cm³/mol. The van der Waals surface area contributed by atoms with E-state index in [-0.39, 0.29) is 18.2 Å². The van der Waals surface area contributed by atoms with E-state index in [0.717, 1.165) is 19.4 Å². The maximum Gasteiger partial charge on any atom is 0.240 e. The van der Waals surface area contributed by atoms with E-state index in [9.17, 15) is 19.8 Å². The molecule has 0 saturated carbocycles. The number of carbonyl (C=O) groups excluding carboxylic acids is 2. The molecule has 31 heavy (non-hydrogen) atoms. The zero-order valence-corrected chi connectivity index (χ0v) is 19.7. The molecule has 8 heteroatoms. The first-order valence-electron chi connectivity index (χ1n) is 12.1. The van der Waals surface area contributed by atoms with Crippen LogP contribution < -0.4 is 21.7 Å². The molecule has 0 bridgehead atoms. The molecule has 1 saturated heterocycles. The molecule has 1 fully saturated rings. The van der Waals surface area contributed by atoms with Crippen LogP contribution in [0.5, 0.6) is 0 Å². The van der Waals surface area contributed by atoms with Crippen molar-refractivity contribution in [2.45, 2.75) is 103 Å². The standard InChI is InChI=1S/C23H46N4O4/c1-4-5-6-7-8-9-10-18-13-19(15-25-14-18)22(30)27-21(17(3)29)23(31)26-20(11-12-24)16(2)28/h17-22,25,27,29-30H,4-15,24H2,1-3H3,(H,26,31)/t17?,18?,19?,20-,21-,22?/m0/s1. The number of unbranched alkanes of at least 4 members (excludes halogenated alkanes) is 5. The molecule has 0 aromatic rings. The smallest absolute Gasteiger partial charge is 0.240 e. The van der Waals surface area contributed by atoms with Gasteiger partial charge in [-0.3, -0.25) is 14.9 Å². The third kappa shape index (κ3) is 10.9. The lowest BCUT2D eigenvalue weighted by Crippen LogP contribution is -2.59. The van der Waals surface area contributed by atoms with Crippen LogP contribution in [0.25, 0.3) is 0 Å². The summed E-state index contributed by atoms with van der Waals surface area (Å²) in [6.45, 7) is 7.01. The normalized spacial score (nSPS) is 23.0. The van der Waals surface area contributed by atoms with Crippen molar-refractivity contribution in [1.29, 1.82) is 0 Å². The molecule has 4 unspecified atom stereocenters. The van der Waals surface area contributed by atoms with E-state index in [4.69, 9.17) is 5.73 Å². The van der Waals surface area contributed by atoms with Crippen LogP contribution in [0.2, 0.25) is 0 Å². The molecule has 0 aromatic carbocycles. The highest BCUT2D eigenvalue weighted by molar-refractivity contribution is 5.89. The summed E-state index contributed by atoms with van der Waals surface area (Å²) in [5.74, 6) is -0.222. The number of piperidine rings is 1. The second kappa shape index (κ2) is 15.7. The van der Waals surface area contributed by atoms with E-state index >= 15 is 0 Å². The monoisotopic (exact) mass is 442 g/mol. The maximum atomic E-state index is 12.7. The molecule has 1 amide bonds. The largest absolute Gasteiger partial charge is 0.391 e. The average Bonchev–Trinajstić information content (AvgIpc) is 2.73. The third-order valence-corrected chi connectivity index (χ3v) is 6.27. The Kier molecular flexibility index (Phi) is 14.2. The average molecular weight is 443 g/mol. The zero-order valence-electron chi connectivity index (χ0n) is 19.7. The van der Waals surface area contributed by atoms with Crippen molar-refractivity contribution in [3.8, 4) is 0 Å². The summed E-state index contributed by atoms with van der Waals surface area (Å²) in [7, 11) is 0. The van der Waals surface area contributed by atoms with Gasteiger partial charge in [0.15, 0.2) is 5.78 Å². The first kappa shape index (κ1) is 28.0. The first-order valence-corrected chi connectivity index (χ1v) is 12.1. The maximum absolute atomic E-state index is 12.7. The highest BCUT2D eigenvalue weighted by atomic mass is 16.3. The summed E-state index contributed by atoms with van der Waals surface area (Å²) >= 11 is 0. The molecule has 8 nitrogen and oxygen atoms in total. The lowest BCUT2D eigenvalue weighted by atomic mass is 9.85. The summed E-state index contributed by atoms with van der Waals surface area (Å²) in [6, 6.07) is -1.69. The number of aliphatic hydroxyl groups is 2. The fourth-order valence-corrected chi connectivity index (χ4v) is 4.30. The van der Waals surface area contributed by atoms with Gasteiger partial charge in [-0.2, -0.15) is 0 Å². The highest BCUT2D eigenvalue weighted by Crippen LogP contribution is 2.24. The second-order valence-corrected chi connectivity index (χ2v) is 9.16. The SMILES string of the molecule is CCCCCCCCC1CNCC(C(O)N[C@H](C(=O)N[C@@H](CCN)C(C)=O)C(C)O)C1. The minimum atomic E-state index is -1.02. The Balaban J connectivity index is 2.53. The van der Waals surface area contributed by atoms with Crippen LogP contribution in [0.3, 0.4) is 0 Å². The van der Waals surface area contributed by atoms with Crippen molar-refractivity contribution >= 4 is 11.7 Å². The van der Waals surface area contributed by atoms with Gasteiger partial charge in [-0.15, -0.1) is 0 Å². The van der Waals surface area contributed by atoms with Crippen LogP contribution in [0.1, 0.15) is 78.6 Å². The van der Waals surface area contributed by atoms with Crippen molar-refractivity contribution in [1.82, 2.24) is 16.0 Å². The summed E-state index contributed by atoms with van der Waals surface area (Å²) in [6.07, 6.45) is 8.05. The van der Waals surface area contributed by atoms with Crippen molar-refractivity contribution in [2.75, 3.05) is 19.6 Å². The van der Waals surface area contributed by atoms with Gasteiger partial charge in [-0.05, 0) is 52.1 Å². The number of aliphatic hydroxyl groups excluding tert-OH is 2. The molecule has 1 aliphatic rings. The van der Waals surface area contributed by atoms with Crippen LogP contribution >= 0.6 is 0 Å². The van der Waals surface area contributed by atoms with Gasteiger partial charge in [0.2, 0.25) is 5.91 Å². The van der Waals surface area contributed by atoms with Crippen molar-refractivity contribution in [3.63, 3.8) is 0 Å². The third-order valence-electron chi connectivity index (χ3n) is 6.27. The van der Waals surface area contributed by atoms with E-state index in [1.54, 1.807) is 0 Å². The van der Waals surface area contributed by atoms with Crippen molar-refractivity contribution in [3.05, 3.63) is 0 Å². The number of Topliss-reactive ketones (excluding diaryl/α,β-unsaturated/α-hetero) is 1. The lowest BCUT2D eigenvalue weighted by molar-refractivity contribution is -0.131. The van der Waals surface area contributed by atoms with Gasteiger partial charge in [0.1, 0.15) is 12.3 Å². The van der Waals surface area contributed by atoms with E-state index in [1.165, 1.54) is 52.4 Å². The van der Waals surface area contributed by atoms with Gasteiger partial charge in [-0.25, -0.2) is 0 Å². The molecule has 1 heterocycles. The van der Waals surface area contributed by atoms with Crippen LogP contribution in [0.15, 0.2) is 0 Å². The summed E-state index contributed by atoms with van der Waals surface area (Å²) in [5.41, 5.74) is 5.52. The molecule has 6 atom stereocenters. The molecule has 7 N–H and O–H groups in total. The van der Waals surface area contributed by atoms with E-state index in [0.29, 0.717) is 18.9 Å². The number of amides is 1. The lowest BCUT2D eigenvalue weighted by Gasteiger charge is -2.35. The summed E-state index contributed by atoms with van der Waals surface area (Å²) < 4.78 is 0. The minimum Gasteiger partial charge on any atom is -0.391 e. The van der Waals surface area contributed by atoms with Gasteiger partial charge >= 0.3 is 0 Å². The van der Waals surface area contributed by atoms with Crippen LogP contribution in [0.4, 0.5) is 0 Å². The first-order chi connectivity index (χ1) is 14.8. The van der Waals surface area contributed by atoms with Gasteiger partial charge in [0, 0.05) is 12.5 Å². The Bertz CT molecular complexity index is 518. The Morgan fingerprint density at radius 1 is 1.13 bits per heavy atom. The highest BCUT2D eigenvalue weighted by Gasteiger charge is 2.33. The van der Waals surface area contributed by atoms with Gasteiger partial charge < -0.3 is 26.6 Å². The molecule has 1 aliphatic heterocycles. The van der Waals surface area contributed by atoms with E-state index < -0.39 is 30.3 Å².